The molecule has 1 heterocycles. The lowest BCUT2D eigenvalue weighted by Crippen LogP contribution is -2.12. The van der Waals surface area contributed by atoms with Crippen molar-refractivity contribution in [3.63, 3.8) is 0 Å². The third kappa shape index (κ3) is 2.23. The lowest BCUT2D eigenvalue weighted by atomic mass is 10.2. The number of nitrogens with zero attached hydrogens (tertiary/aromatic N) is 1. The summed E-state index contributed by atoms with van der Waals surface area (Å²) in [6, 6.07) is 9.80. The number of amides is 1. The quantitative estimate of drug-likeness (QED) is 0.837. The number of hydrogen-bond acceptors (Lipinski definition) is 2. The van der Waals surface area contributed by atoms with Gasteiger partial charge in [-0.15, -0.1) is 0 Å². The van der Waals surface area contributed by atoms with Gasteiger partial charge in [0.05, 0.1) is 11.9 Å². The molecule has 0 unspecified atom stereocenters. The number of hydrogen-bond donors (Lipinski definition) is 1. The molecule has 3 nitrogen and oxygen atoms in total. The summed E-state index contributed by atoms with van der Waals surface area (Å²) < 4.78 is 13.2. The summed E-state index contributed by atoms with van der Waals surface area (Å²) in [6.45, 7) is 0. The van der Waals surface area contributed by atoms with Gasteiger partial charge >= 0.3 is 0 Å². The van der Waals surface area contributed by atoms with Crippen molar-refractivity contribution < 1.29 is 9.18 Å². The Morgan fingerprint density at radius 2 is 1.94 bits per heavy atom. The van der Waals surface area contributed by atoms with Crippen LogP contribution in [0.15, 0.2) is 48.8 Å². The van der Waals surface area contributed by atoms with Crippen LogP contribution in [0.2, 0.25) is 0 Å². The van der Waals surface area contributed by atoms with Gasteiger partial charge in [-0.2, -0.15) is 0 Å². The standard InChI is InChI=1S/C12H9FN2O/c13-10-6-7-14-8-11(10)15-12(16)9-4-2-1-3-5-9/h1-8H,(H,15,16). The van der Waals surface area contributed by atoms with E-state index in [0.717, 1.165) is 0 Å². The summed E-state index contributed by atoms with van der Waals surface area (Å²) in [5, 5.41) is 2.45. The Bertz CT molecular complexity index is 499. The average Bonchev–Trinajstić information content (AvgIpc) is 2.33. The molecular weight excluding hydrogens is 207 g/mol. The fourth-order valence-corrected chi connectivity index (χ4v) is 1.25. The van der Waals surface area contributed by atoms with Gasteiger partial charge in [0, 0.05) is 11.8 Å². The molecule has 1 aromatic carbocycles. The van der Waals surface area contributed by atoms with E-state index in [1.54, 1.807) is 30.3 Å². The molecule has 80 valence electrons. The van der Waals surface area contributed by atoms with Crippen LogP contribution in [-0.2, 0) is 0 Å². The maximum atomic E-state index is 13.2. The number of carbonyl (C=O) groups excluding carboxylic acids is 1. The van der Waals surface area contributed by atoms with Crippen molar-refractivity contribution in [2.45, 2.75) is 0 Å². The van der Waals surface area contributed by atoms with Crippen LogP contribution >= 0.6 is 0 Å². The average molecular weight is 216 g/mol. The molecule has 1 N–H and O–H groups in total. The number of carbonyl (C=O) groups is 1. The van der Waals surface area contributed by atoms with Gasteiger partial charge in [-0.3, -0.25) is 9.78 Å². The van der Waals surface area contributed by atoms with Crippen molar-refractivity contribution in [1.82, 2.24) is 4.98 Å². The molecule has 0 aliphatic rings. The van der Waals surface area contributed by atoms with Crippen LogP contribution < -0.4 is 5.32 Å². The lowest BCUT2D eigenvalue weighted by Gasteiger charge is -2.05. The van der Waals surface area contributed by atoms with Crippen molar-refractivity contribution in [2.24, 2.45) is 0 Å². The van der Waals surface area contributed by atoms with Gasteiger partial charge in [-0.1, -0.05) is 18.2 Å². The van der Waals surface area contributed by atoms with Crippen molar-refractivity contribution >= 4 is 11.6 Å². The Hall–Kier alpha value is -2.23. The topological polar surface area (TPSA) is 42.0 Å². The highest BCUT2D eigenvalue weighted by molar-refractivity contribution is 6.04. The van der Waals surface area contributed by atoms with E-state index < -0.39 is 5.82 Å². The highest BCUT2D eigenvalue weighted by atomic mass is 19.1. The van der Waals surface area contributed by atoms with Crippen molar-refractivity contribution in [3.8, 4) is 0 Å². The molecule has 0 radical (unpaired) electrons. The molecular formula is C12H9FN2O. The number of aromatic nitrogens is 1. The molecule has 2 rings (SSSR count). The predicted octanol–water partition coefficient (Wildman–Crippen LogP) is 2.47. The second-order valence-corrected chi connectivity index (χ2v) is 3.18. The molecule has 0 saturated heterocycles. The van der Waals surface area contributed by atoms with Crippen LogP contribution in [0.25, 0.3) is 0 Å². The summed E-state index contributed by atoms with van der Waals surface area (Å²) in [4.78, 5) is 15.4. The van der Waals surface area contributed by atoms with E-state index in [2.05, 4.69) is 10.3 Å². The van der Waals surface area contributed by atoms with Crippen molar-refractivity contribution in [3.05, 3.63) is 60.2 Å². The molecule has 0 aliphatic heterocycles. The summed E-state index contributed by atoms with van der Waals surface area (Å²) >= 11 is 0. The van der Waals surface area contributed by atoms with Gasteiger partial charge in [0.25, 0.3) is 5.91 Å². The number of anilines is 1. The van der Waals surface area contributed by atoms with Gasteiger partial charge in [-0.05, 0) is 18.2 Å². The zero-order valence-electron chi connectivity index (χ0n) is 8.35. The second-order valence-electron chi connectivity index (χ2n) is 3.18. The number of halogens is 1. The first-order valence-corrected chi connectivity index (χ1v) is 4.73. The minimum atomic E-state index is -0.501. The van der Waals surface area contributed by atoms with Crippen molar-refractivity contribution in [1.29, 1.82) is 0 Å². The van der Waals surface area contributed by atoms with E-state index >= 15 is 0 Å². The van der Waals surface area contributed by atoms with Crippen LogP contribution in [0.5, 0.6) is 0 Å². The van der Waals surface area contributed by atoms with E-state index in [9.17, 15) is 9.18 Å². The Balaban J connectivity index is 2.18. The second kappa shape index (κ2) is 4.53. The first kappa shape index (κ1) is 10.3. The summed E-state index contributed by atoms with van der Waals surface area (Å²) in [6.07, 6.45) is 2.60. The molecule has 0 fully saturated rings. The fraction of sp³-hybridized carbons (Fsp3) is 0. The lowest BCUT2D eigenvalue weighted by molar-refractivity contribution is 0.102. The Kier molecular flexibility index (Phi) is 2.91. The minimum absolute atomic E-state index is 0.0800. The third-order valence-electron chi connectivity index (χ3n) is 2.05. The molecule has 0 spiro atoms. The molecule has 1 amide bonds. The smallest absolute Gasteiger partial charge is 0.255 e. The van der Waals surface area contributed by atoms with Crippen LogP contribution in [0.3, 0.4) is 0 Å². The van der Waals surface area contributed by atoms with Gasteiger partial charge in [0.15, 0.2) is 0 Å². The normalized spacial score (nSPS) is 9.81. The van der Waals surface area contributed by atoms with Crippen LogP contribution in [-0.4, -0.2) is 10.9 Å². The molecule has 0 atom stereocenters. The Labute approximate surface area is 92.0 Å². The molecule has 0 bridgehead atoms. The molecule has 1 aromatic heterocycles. The molecule has 4 heteroatoms. The minimum Gasteiger partial charge on any atom is -0.318 e. The first-order valence-electron chi connectivity index (χ1n) is 4.73. The Morgan fingerprint density at radius 1 is 1.19 bits per heavy atom. The van der Waals surface area contributed by atoms with E-state index in [-0.39, 0.29) is 11.6 Å². The van der Waals surface area contributed by atoms with Crippen LogP contribution in [0, 0.1) is 5.82 Å². The predicted molar refractivity (Wildman–Crippen MR) is 58.6 cm³/mol. The van der Waals surface area contributed by atoms with Gasteiger partial charge in [0.2, 0.25) is 0 Å². The number of pyridine rings is 1. The number of benzene rings is 1. The van der Waals surface area contributed by atoms with Crippen LogP contribution in [0.1, 0.15) is 10.4 Å². The number of rotatable bonds is 2. The largest absolute Gasteiger partial charge is 0.318 e. The highest BCUT2D eigenvalue weighted by Crippen LogP contribution is 2.12. The molecule has 0 saturated carbocycles. The van der Waals surface area contributed by atoms with Gasteiger partial charge < -0.3 is 5.32 Å². The summed E-state index contributed by atoms with van der Waals surface area (Å²) in [5.74, 6) is -0.855. The third-order valence-corrected chi connectivity index (χ3v) is 2.05. The summed E-state index contributed by atoms with van der Waals surface area (Å²) in [7, 11) is 0. The molecule has 2 aromatic rings. The Morgan fingerprint density at radius 3 is 2.62 bits per heavy atom. The molecule has 16 heavy (non-hydrogen) atoms. The highest BCUT2D eigenvalue weighted by Gasteiger charge is 2.07. The fourth-order valence-electron chi connectivity index (χ4n) is 1.25. The van der Waals surface area contributed by atoms with E-state index in [4.69, 9.17) is 0 Å². The SMILES string of the molecule is O=C(Nc1cnccc1F)c1ccccc1. The molecule has 0 aliphatic carbocycles. The first-order chi connectivity index (χ1) is 7.77. The monoisotopic (exact) mass is 216 g/mol. The van der Waals surface area contributed by atoms with Crippen molar-refractivity contribution in [2.75, 3.05) is 5.32 Å². The van der Waals surface area contributed by atoms with E-state index in [0.29, 0.717) is 5.56 Å². The van der Waals surface area contributed by atoms with Gasteiger partial charge in [-0.25, -0.2) is 4.39 Å². The summed E-state index contributed by atoms with van der Waals surface area (Å²) in [5.41, 5.74) is 0.558. The number of nitrogens with one attached hydrogen (secondary N) is 1. The van der Waals surface area contributed by atoms with Gasteiger partial charge in [0.1, 0.15) is 5.82 Å². The van der Waals surface area contributed by atoms with E-state index in [1.807, 2.05) is 0 Å². The maximum absolute atomic E-state index is 13.2. The van der Waals surface area contributed by atoms with Crippen LogP contribution in [0.4, 0.5) is 10.1 Å². The maximum Gasteiger partial charge on any atom is 0.255 e. The zero-order chi connectivity index (χ0) is 11.4. The zero-order valence-corrected chi connectivity index (χ0v) is 8.35. The van der Waals surface area contributed by atoms with E-state index in [1.165, 1.54) is 18.5 Å².